The Morgan fingerprint density at radius 1 is 1.09 bits per heavy atom. The molecule has 4 nitrogen and oxygen atoms in total. The Morgan fingerprint density at radius 2 is 1.77 bits per heavy atom. The summed E-state index contributed by atoms with van der Waals surface area (Å²) in [4.78, 5) is 26.1. The van der Waals surface area contributed by atoms with Crippen LogP contribution in [0.2, 0.25) is 5.02 Å². The Labute approximate surface area is 133 Å². The lowest BCUT2D eigenvalue weighted by atomic mass is 10.2. The van der Waals surface area contributed by atoms with E-state index in [4.69, 9.17) is 11.6 Å². The van der Waals surface area contributed by atoms with Gasteiger partial charge in [-0.3, -0.25) is 9.59 Å². The topological polar surface area (TPSA) is 49.4 Å². The number of benzene rings is 2. The molecular formula is C17H15ClN2O2. The summed E-state index contributed by atoms with van der Waals surface area (Å²) in [6.07, 6.45) is 0.149. The monoisotopic (exact) mass is 314 g/mol. The first-order chi connectivity index (χ1) is 10.6. The summed E-state index contributed by atoms with van der Waals surface area (Å²) in [5.41, 5.74) is 2.32. The zero-order chi connectivity index (χ0) is 15.7. The average molecular weight is 315 g/mol. The minimum Gasteiger partial charge on any atom is -0.373 e. The third-order valence-electron chi connectivity index (χ3n) is 3.69. The Morgan fingerprint density at radius 3 is 2.45 bits per heavy atom. The molecule has 2 amide bonds. The molecule has 1 atom stereocenters. The number of nitrogens with zero attached hydrogens (tertiary/aromatic N) is 1. The molecule has 0 saturated carbocycles. The van der Waals surface area contributed by atoms with Crippen molar-refractivity contribution in [1.29, 1.82) is 0 Å². The Balaban J connectivity index is 1.82. The minimum atomic E-state index is -0.548. The fourth-order valence-electron chi connectivity index (χ4n) is 2.56. The molecule has 1 N–H and O–H groups in total. The summed E-state index contributed by atoms with van der Waals surface area (Å²) < 4.78 is 0. The van der Waals surface area contributed by atoms with Crippen molar-refractivity contribution in [2.75, 3.05) is 10.2 Å². The van der Waals surface area contributed by atoms with Crippen LogP contribution in [0.1, 0.15) is 12.0 Å². The lowest BCUT2D eigenvalue weighted by molar-refractivity contribution is -0.121. The SMILES string of the molecule is Cc1ccccc1N1C(=O)C[C@H](Nc2ccc(Cl)cc2)C1=O. The number of nitrogens with one attached hydrogen (secondary N) is 1. The van der Waals surface area contributed by atoms with Crippen molar-refractivity contribution in [2.24, 2.45) is 0 Å². The Kier molecular flexibility index (Phi) is 3.86. The van der Waals surface area contributed by atoms with E-state index in [-0.39, 0.29) is 18.2 Å². The first-order valence-corrected chi connectivity index (χ1v) is 7.38. The average Bonchev–Trinajstić information content (AvgIpc) is 2.77. The summed E-state index contributed by atoms with van der Waals surface area (Å²) in [7, 11) is 0. The van der Waals surface area contributed by atoms with Gasteiger partial charge in [0.2, 0.25) is 5.91 Å². The maximum atomic E-state index is 12.6. The van der Waals surface area contributed by atoms with Crippen molar-refractivity contribution in [3.05, 3.63) is 59.1 Å². The van der Waals surface area contributed by atoms with Crippen LogP contribution in [0.5, 0.6) is 0 Å². The minimum absolute atomic E-state index is 0.149. The molecule has 1 heterocycles. The molecule has 22 heavy (non-hydrogen) atoms. The predicted molar refractivity (Wildman–Crippen MR) is 87.2 cm³/mol. The molecule has 2 aromatic carbocycles. The van der Waals surface area contributed by atoms with Gasteiger partial charge < -0.3 is 5.32 Å². The number of carbonyl (C=O) groups is 2. The molecule has 2 aromatic rings. The van der Waals surface area contributed by atoms with E-state index in [0.29, 0.717) is 10.7 Å². The number of rotatable bonds is 3. The van der Waals surface area contributed by atoms with Gasteiger partial charge in [-0.2, -0.15) is 0 Å². The van der Waals surface area contributed by atoms with Crippen LogP contribution in [0, 0.1) is 6.92 Å². The predicted octanol–water partition coefficient (Wildman–Crippen LogP) is 3.39. The van der Waals surface area contributed by atoms with Crippen LogP contribution in [-0.2, 0) is 9.59 Å². The van der Waals surface area contributed by atoms with Gasteiger partial charge in [0.25, 0.3) is 5.91 Å². The first kappa shape index (κ1) is 14.6. The van der Waals surface area contributed by atoms with E-state index in [9.17, 15) is 9.59 Å². The number of anilines is 2. The molecule has 0 aromatic heterocycles. The van der Waals surface area contributed by atoms with Gasteiger partial charge in [0.1, 0.15) is 6.04 Å². The number of hydrogen-bond donors (Lipinski definition) is 1. The number of hydrogen-bond acceptors (Lipinski definition) is 3. The van der Waals surface area contributed by atoms with Crippen molar-refractivity contribution in [3.8, 4) is 0 Å². The molecule has 0 bridgehead atoms. The van der Waals surface area contributed by atoms with Gasteiger partial charge in [-0.05, 0) is 42.8 Å². The Hall–Kier alpha value is -2.33. The van der Waals surface area contributed by atoms with Crippen molar-refractivity contribution < 1.29 is 9.59 Å². The lowest BCUT2D eigenvalue weighted by Crippen LogP contribution is -2.35. The quantitative estimate of drug-likeness (QED) is 0.883. The summed E-state index contributed by atoms with van der Waals surface area (Å²) >= 11 is 5.84. The van der Waals surface area contributed by atoms with Crippen LogP contribution in [-0.4, -0.2) is 17.9 Å². The fourth-order valence-corrected chi connectivity index (χ4v) is 2.69. The molecule has 112 valence electrons. The third-order valence-corrected chi connectivity index (χ3v) is 3.94. The largest absolute Gasteiger partial charge is 0.373 e. The van der Waals surface area contributed by atoms with E-state index in [1.807, 2.05) is 25.1 Å². The molecule has 0 aliphatic carbocycles. The maximum Gasteiger partial charge on any atom is 0.256 e. The van der Waals surface area contributed by atoms with Crippen LogP contribution in [0.15, 0.2) is 48.5 Å². The summed E-state index contributed by atoms with van der Waals surface area (Å²) in [5.74, 6) is -0.417. The number of carbonyl (C=O) groups excluding carboxylic acids is 2. The van der Waals surface area contributed by atoms with E-state index in [1.165, 1.54) is 4.90 Å². The third kappa shape index (κ3) is 2.70. The van der Waals surface area contributed by atoms with Crippen LogP contribution < -0.4 is 10.2 Å². The molecule has 1 aliphatic rings. The van der Waals surface area contributed by atoms with Gasteiger partial charge in [-0.1, -0.05) is 29.8 Å². The van der Waals surface area contributed by atoms with Crippen molar-refractivity contribution in [2.45, 2.75) is 19.4 Å². The number of para-hydroxylation sites is 1. The van der Waals surface area contributed by atoms with Crippen LogP contribution >= 0.6 is 11.6 Å². The van der Waals surface area contributed by atoms with Gasteiger partial charge >= 0.3 is 0 Å². The molecule has 1 fully saturated rings. The van der Waals surface area contributed by atoms with Crippen molar-refractivity contribution in [3.63, 3.8) is 0 Å². The second-order valence-corrected chi connectivity index (χ2v) is 5.70. The van der Waals surface area contributed by atoms with E-state index in [1.54, 1.807) is 30.3 Å². The zero-order valence-corrected chi connectivity index (χ0v) is 12.8. The highest BCUT2D eigenvalue weighted by Gasteiger charge is 2.39. The smallest absolute Gasteiger partial charge is 0.256 e. The maximum absolute atomic E-state index is 12.6. The second-order valence-electron chi connectivity index (χ2n) is 5.26. The molecule has 1 saturated heterocycles. The zero-order valence-electron chi connectivity index (χ0n) is 12.0. The van der Waals surface area contributed by atoms with Crippen molar-refractivity contribution in [1.82, 2.24) is 0 Å². The second kappa shape index (κ2) is 5.81. The normalized spacial score (nSPS) is 17.9. The number of halogens is 1. The van der Waals surface area contributed by atoms with Gasteiger partial charge in [-0.25, -0.2) is 4.90 Å². The Bertz CT molecular complexity index is 728. The molecular weight excluding hydrogens is 300 g/mol. The molecule has 0 unspecified atom stereocenters. The van der Waals surface area contributed by atoms with E-state index < -0.39 is 6.04 Å². The molecule has 3 rings (SSSR count). The summed E-state index contributed by atoms with van der Waals surface area (Å²) in [5, 5.41) is 3.72. The van der Waals surface area contributed by atoms with Gasteiger partial charge in [0.05, 0.1) is 12.1 Å². The highest BCUT2D eigenvalue weighted by atomic mass is 35.5. The first-order valence-electron chi connectivity index (χ1n) is 7.01. The number of aryl methyl sites for hydroxylation is 1. The van der Waals surface area contributed by atoms with Gasteiger partial charge in [0, 0.05) is 10.7 Å². The van der Waals surface area contributed by atoms with Crippen LogP contribution in [0.3, 0.4) is 0 Å². The van der Waals surface area contributed by atoms with E-state index in [0.717, 1.165) is 11.3 Å². The van der Waals surface area contributed by atoms with Crippen LogP contribution in [0.25, 0.3) is 0 Å². The van der Waals surface area contributed by atoms with Crippen LogP contribution in [0.4, 0.5) is 11.4 Å². The molecule has 1 aliphatic heterocycles. The summed E-state index contributed by atoms with van der Waals surface area (Å²) in [6.45, 7) is 1.88. The van der Waals surface area contributed by atoms with E-state index in [2.05, 4.69) is 5.32 Å². The van der Waals surface area contributed by atoms with E-state index >= 15 is 0 Å². The fraction of sp³-hybridized carbons (Fsp3) is 0.176. The highest BCUT2D eigenvalue weighted by molar-refractivity contribution is 6.30. The number of imide groups is 1. The number of amides is 2. The standard InChI is InChI=1S/C17H15ClN2O2/c1-11-4-2-3-5-15(11)20-16(21)10-14(17(20)22)19-13-8-6-12(18)7-9-13/h2-9,14,19H,10H2,1H3/t14-/m0/s1. The molecule has 5 heteroatoms. The molecule has 0 radical (unpaired) electrons. The van der Waals surface area contributed by atoms with Gasteiger partial charge in [0.15, 0.2) is 0 Å². The highest BCUT2D eigenvalue weighted by Crippen LogP contribution is 2.27. The lowest BCUT2D eigenvalue weighted by Gasteiger charge is -2.18. The van der Waals surface area contributed by atoms with Gasteiger partial charge in [-0.15, -0.1) is 0 Å². The van der Waals surface area contributed by atoms with Crippen molar-refractivity contribution >= 4 is 34.8 Å². The molecule has 0 spiro atoms. The summed E-state index contributed by atoms with van der Waals surface area (Å²) in [6, 6.07) is 13.9.